The minimum atomic E-state index is -4.77. The van der Waals surface area contributed by atoms with Crippen LogP contribution in [0.15, 0.2) is 77.7 Å². The van der Waals surface area contributed by atoms with Gasteiger partial charge >= 0.3 is 6.18 Å². The van der Waals surface area contributed by atoms with E-state index in [0.717, 1.165) is 23.1 Å². The fraction of sp³-hybridized carbons (Fsp3) is 0.286. The Balaban J connectivity index is 2.12. The highest BCUT2D eigenvalue weighted by Crippen LogP contribution is 2.34. The summed E-state index contributed by atoms with van der Waals surface area (Å²) < 4.78 is 68.7. The summed E-state index contributed by atoms with van der Waals surface area (Å²) in [5.74, 6) is -1.41. The Morgan fingerprint density at radius 1 is 0.902 bits per heavy atom. The lowest BCUT2D eigenvalue weighted by Crippen LogP contribution is -2.52. The van der Waals surface area contributed by atoms with Crippen molar-refractivity contribution in [1.29, 1.82) is 0 Å². The fourth-order valence-electron chi connectivity index (χ4n) is 3.93. The first-order chi connectivity index (χ1) is 19.1. The van der Waals surface area contributed by atoms with Gasteiger partial charge in [-0.2, -0.15) is 13.2 Å². The second-order valence-corrected chi connectivity index (χ2v) is 12.1. The SMILES string of the molecule is CC(C)NC(=O)[C@@H](C)N(Cc1c(Cl)cccc1Cl)C(=O)CN(c1cccc(C(F)(F)F)c1)S(=O)(=O)c1ccccc1. The molecule has 0 radical (unpaired) electrons. The molecule has 0 saturated heterocycles. The maximum atomic E-state index is 13.9. The van der Waals surface area contributed by atoms with Gasteiger partial charge in [0.1, 0.15) is 12.6 Å². The van der Waals surface area contributed by atoms with Crippen LogP contribution in [0.3, 0.4) is 0 Å². The minimum absolute atomic E-state index is 0.207. The lowest BCUT2D eigenvalue weighted by atomic mass is 10.1. The average molecular weight is 631 g/mol. The molecule has 1 N–H and O–H groups in total. The molecule has 0 bridgehead atoms. The van der Waals surface area contributed by atoms with Crippen molar-refractivity contribution in [3.05, 3.63) is 94.0 Å². The van der Waals surface area contributed by atoms with Gasteiger partial charge in [-0.15, -0.1) is 0 Å². The molecule has 3 aromatic carbocycles. The van der Waals surface area contributed by atoms with Crippen LogP contribution in [0, 0.1) is 0 Å². The number of sulfonamides is 1. The Bertz CT molecular complexity index is 1480. The minimum Gasteiger partial charge on any atom is -0.352 e. The van der Waals surface area contributed by atoms with Crippen LogP contribution >= 0.6 is 23.2 Å². The van der Waals surface area contributed by atoms with E-state index < -0.39 is 46.2 Å². The molecular weight excluding hydrogens is 602 g/mol. The summed E-state index contributed by atoms with van der Waals surface area (Å²) in [7, 11) is -4.53. The van der Waals surface area contributed by atoms with Gasteiger partial charge in [-0.05, 0) is 63.2 Å². The van der Waals surface area contributed by atoms with Crippen molar-refractivity contribution >= 4 is 50.7 Å². The molecule has 0 aliphatic rings. The number of benzene rings is 3. The van der Waals surface area contributed by atoms with Crippen molar-refractivity contribution in [3.63, 3.8) is 0 Å². The van der Waals surface area contributed by atoms with E-state index in [-0.39, 0.29) is 33.2 Å². The van der Waals surface area contributed by atoms with E-state index in [4.69, 9.17) is 23.2 Å². The maximum Gasteiger partial charge on any atom is 0.416 e. The van der Waals surface area contributed by atoms with Crippen LogP contribution in [0.5, 0.6) is 0 Å². The molecule has 1 atom stereocenters. The highest BCUT2D eigenvalue weighted by atomic mass is 35.5. The van der Waals surface area contributed by atoms with Crippen LogP contribution in [-0.2, 0) is 32.3 Å². The van der Waals surface area contributed by atoms with Gasteiger partial charge in [0, 0.05) is 28.2 Å². The standard InChI is InChI=1S/C28H28Cl2F3N3O4S/c1-18(2)34-27(38)19(3)35(16-23-24(29)13-8-14-25(23)30)26(37)17-36(41(39,40)22-11-5-4-6-12-22)21-10-7-9-20(15-21)28(31,32)33/h4-15,18-19H,16-17H2,1-3H3,(H,34,38)/t19-/m1/s1. The topological polar surface area (TPSA) is 86.8 Å². The number of carbonyl (C=O) groups excluding carboxylic acids is 2. The van der Waals surface area contributed by atoms with Gasteiger partial charge in [0.2, 0.25) is 11.8 Å². The third kappa shape index (κ3) is 7.93. The number of rotatable bonds is 10. The quantitative estimate of drug-likeness (QED) is 0.291. The summed E-state index contributed by atoms with van der Waals surface area (Å²) in [6.45, 7) is 3.71. The fourth-order valence-corrected chi connectivity index (χ4v) is 5.87. The number of hydrogen-bond donors (Lipinski definition) is 1. The largest absolute Gasteiger partial charge is 0.416 e. The lowest BCUT2D eigenvalue weighted by Gasteiger charge is -2.32. The predicted octanol–water partition coefficient (Wildman–Crippen LogP) is 6.15. The normalized spacial score (nSPS) is 12.6. The first-order valence-corrected chi connectivity index (χ1v) is 14.6. The summed E-state index contributed by atoms with van der Waals surface area (Å²) in [6.07, 6.45) is -4.77. The molecule has 0 aliphatic carbocycles. The van der Waals surface area contributed by atoms with E-state index in [9.17, 15) is 31.2 Å². The summed E-state index contributed by atoms with van der Waals surface area (Å²) >= 11 is 12.7. The van der Waals surface area contributed by atoms with Gasteiger partial charge in [0.15, 0.2) is 0 Å². The molecule has 2 amide bonds. The third-order valence-corrected chi connectivity index (χ3v) is 8.56. The molecule has 3 aromatic rings. The van der Waals surface area contributed by atoms with Gasteiger partial charge in [-0.1, -0.05) is 53.5 Å². The summed E-state index contributed by atoms with van der Waals surface area (Å²) in [5.41, 5.74) is -1.17. The number of carbonyl (C=O) groups is 2. The molecule has 0 spiro atoms. The van der Waals surface area contributed by atoms with Gasteiger partial charge in [-0.25, -0.2) is 8.42 Å². The van der Waals surface area contributed by atoms with Gasteiger partial charge in [-0.3, -0.25) is 13.9 Å². The number of alkyl halides is 3. The second kappa shape index (κ2) is 13.1. The third-order valence-electron chi connectivity index (χ3n) is 6.06. The van der Waals surface area contributed by atoms with Crippen LogP contribution in [0.2, 0.25) is 10.0 Å². The highest BCUT2D eigenvalue weighted by Gasteiger charge is 2.35. The summed E-state index contributed by atoms with van der Waals surface area (Å²) in [5, 5.41) is 3.12. The smallest absolute Gasteiger partial charge is 0.352 e. The summed E-state index contributed by atoms with van der Waals surface area (Å²) in [4.78, 5) is 27.7. The molecule has 0 aliphatic heterocycles. The van der Waals surface area contributed by atoms with E-state index in [1.807, 2.05) is 0 Å². The number of nitrogens with one attached hydrogen (secondary N) is 1. The van der Waals surface area contributed by atoms with Gasteiger partial charge in [0.25, 0.3) is 10.0 Å². The zero-order chi connectivity index (χ0) is 30.5. The Hall–Kier alpha value is -3.28. The van der Waals surface area contributed by atoms with Crippen molar-refractivity contribution in [2.45, 2.75) is 50.5 Å². The number of anilines is 1. The molecule has 7 nitrogen and oxygen atoms in total. The van der Waals surface area contributed by atoms with E-state index in [0.29, 0.717) is 15.9 Å². The first-order valence-electron chi connectivity index (χ1n) is 12.4. The molecule has 0 heterocycles. The molecule has 3 rings (SSSR count). The lowest BCUT2D eigenvalue weighted by molar-refractivity contribution is -0.139. The van der Waals surface area contributed by atoms with E-state index in [1.54, 1.807) is 38.1 Å². The van der Waals surface area contributed by atoms with Crippen molar-refractivity contribution in [2.75, 3.05) is 10.8 Å². The molecule has 0 fully saturated rings. The Morgan fingerprint density at radius 3 is 2.05 bits per heavy atom. The van der Waals surface area contributed by atoms with Crippen molar-refractivity contribution in [1.82, 2.24) is 10.2 Å². The van der Waals surface area contributed by atoms with Crippen molar-refractivity contribution in [2.24, 2.45) is 0 Å². The monoisotopic (exact) mass is 629 g/mol. The second-order valence-electron chi connectivity index (χ2n) is 9.43. The molecule has 0 saturated carbocycles. The number of halogens is 5. The van der Waals surface area contributed by atoms with Crippen LogP contribution < -0.4 is 9.62 Å². The van der Waals surface area contributed by atoms with E-state index in [2.05, 4.69) is 5.32 Å². The Morgan fingerprint density at radius 2 is 1.49 bits per heavy atom. The Labute approximate surface area is 246 Å². The first kappa shape index (κ1) is 32.2. The zero-order valence-corrected chi connectivity index (χ0v) is 24.7. The Kier molecular flexibility index (Phi) is 10.3. The maximum absolute atomic E-state index is 13.9. The number of amides is 2. The van der Waals surface area contributed by atoms with Crippen LogP contribution in [-0.4, -0.2) is 43.8 Å². The number of nitrogens with zero attached hydrogens (tertiary/aromatic N) is 2. The molecule has 13 heteroatoms. The summed E-state index contributed by atoms with van der Waals surface area (Å²) in [6, 6.07) is 13.9. The van der Waals surface area contributed by atoms with Crippen LogP contribution in [0.4, 0.5) is 18.9 Å². The number of hydrogen-bond acceptors (Lipinski definition) is 4. The molecule has 220 valence electrons. The molecule has 0 aromatic heterocycles. The van der Waals surface area contributed by atoms with E-state index >= 15 is 0 Å². The van der Waals surface area contributed by atoms with Gasteiger partial charge < -0.3 is 10.2 Å². The molecule has 41 heavy (non-hydrogen) atoms. The highest BCUT2D eigenvalue weighted by molar-refractivity contribution is 7.92. The zero-order valence-electron chi connectivity index (χ0n) is 22.3. The van der Waals surface area contributed by atoms with Crippen LogP contribution in [0.25, 0.3) is 0 Å². The molecular formula is C28H28Cl2F3N3O4S. The van der Waals surface area contributed by atoms with E-state index in [1.165, 1.54) is 31.2 Å². The average Bonchev–Trinajstić information content (AvgIpc) is 2.90. The predicted molar refractivity (Wildman–Crippen MR) is 152 cm³/mol. The van der Waals surface area contributed by atoms with Gasteiger partial charge in [0.05, 0.1) is 16.1 Å². The van der Waals surface area contributed by atoms with Crippen molar-refractivity contribution in [3.8, 4) is 0 Å². The van der Waals surface area contributed by atoms with Crippen LogP contribution in [0.1, 0.15) is 31.9 Å². The van der Waals surface area contributed by atoms with Crippen molar-refractivity contribution < 1.29 is 31.2 Å². The molecule has 0 unspecified atom stereocenters.